The molecule has 1 saturated heterocycles. The van der Waals surface area contributed by atoms with Gasteiger partial charge in [-0.15, -0.1) is 0 Å². The number of para-hydroxylation sites is 1. The number of nitrogens with one attached hydrogen (secondary N) is 1. The number of anilines is 1. The number of carbonyl (C=O) groups excluding carboxylic acids is 1. The monoisotopic (exact) mass is 325 g/mol. The van der Waals surface area contributed by atoms with E-state index >= 15 is 0 Å². The van der Waals surface area contributed by atoms with Gasteiger partial charge in [0.15, 0.2) is 0 Å². The normalized spacial score (nSPS) is 14.5. The summed E-state index contributed by atoms with van der Waals surface area (Å²) in [5.41, 5.74) is 9.14. The number of hydrogen-bond acceptors (Lipinski definition) is 4. The number of urea groups is 1. The number of carbonyl (C=O) groups is 1. The average Bonchev–Trinajstić information content (AvgIpc) is 2.67. The van der Waals surface area contributed by atoms with Crippen LogP contribution in [0.3, 0.4) is 0 Å². The van der Waals surface area contributed by atoms with Crippen molar-refractivity contribution < 1.29 is 4.79 Å². The molecule has 6 heteroatoms. The molecule has 0 atom stereocenters. The molecule has 0 saturated carbocycles. The maximum Gasteiger partial charge on any atom is 0.317 e. The first-order valence-electron chi connectivity index (χ1n) is 8.22. The smallest absolute Gasteiger partial charge is 0.317 e. The van der Waals surface area contributed by atoms with Crippen LogP contribution in [0.4, 0.5) is 10.5 Å². The lowest BCUT2D eigenvalue weighted by atomic mass is 10.1. The van der Waals surface area contributed by atoms with Crippen molar-refractivity contribution in [2.45, 2.75) is 13.1 Å². The number of hydrogen-bond donors (Lipinski definition) is 2. The summed E-state index contributed by atoms with van der Waals surface area (Å²) in [6.07, 6.45) is 3.49. The van der Waals surface area contributed by atoms with E-state index in [9.17, 15) is 4.79 Å². The quantitative estimate of drug-likeness (QED) is 0.895. The molecule has 1 aliphatic rings. The van der Waals surface area contributed by atoms with Crippen molar-refractivity contribution in [3.8, 4) is 0 Å². The number of aromatic nitrogens is 1. The Bertz CT molecular complexity index is 668. The topological polar surface area (TPSA) is 74.5 Å². The minimum absolute atomic E-state index is 0.0226. The van der Waals surface area contributed by atoms with Gasteiger partial charge in [0, 0.05) is 57.3 Å². The van der Waals surface area contributed by atoms with Crippen LogP contribution >= 0.6 is 0 Å². The standard InChI is InChI=1S/C18H23N5O/c19-12-16-5-1-2-6-17(16)22-8-10-23(11-9-22)18(24)21-14-15-4-3-7-20-13-15/h1-7,13H,8-12,14,19H2,(H,21,24). The molecule has 24 heavy (non-hydrogen) atoms. The molecule has 1 aromatic heterocycles. The first-order valence-corrected chi connectivity index (χ1v) is 8.22. The fourth-order valence-corrected chi connectivity index (χ4v) is 2.93. The zero-order valence-corrected chi connectivity index (χ0v) is 13.7. The summed E-state index contributed by atoms with van der Waals surface area (Å²) in [5.74, 6) is 0. The molecular formula is C18H23N5O. The summed E-state index contributed by atoms with van der Waals surface area (Å²) >= 11 is 0. The van der Waals surface area contributed by atoms with Crippen molar-refractivity contribution in [1.29, 1.82) is 0 Å². The molecule has 3 N–H and O–H groups in total. The van der Waals surface area contributed by atoms with E-state index in [2.05, 4.69) is 27.3 Å². The van der Waals surface area contributed by atoms with Crippen LogP contribution in [0.25, 0.3) is 0 Å². The van der Waals surface area contributed by atoms with E-state index in [1.807, 2.05) is 29.2 Å². The molecule has 1 aromatic carbocycles. The van der Waals surface area contributed by atoms with E-state index in [0.29, 0.717) is 26.2 Å². The van der Waals surface area contributed by atoms with Gasteiger partial charge in [0.25, 0.3) is 0 Å². The predicted molar refractivity (Wildman–Crippen MR) is 94.6 cm³/mol. The van der Waals surface area contributed by atoms with Gasteiger partial charge in [0.1, 0.15) is 0 Å². The first-order chi connectivity index (χ1) is 11.8. The zero-order chi connectivity index (χ0) is 16.8. The fraction of sp³-hybridized carbons (Fsp3) is 0.333. The van der Waals surface area contributed by atoms with Crippen molar-refractivity contribution in [3.05, 3.63) is 59.9 Å². The molecule has 2 aromatic rings. The molecule has 0 bridgehead atoms. The van der Waals surface area contributed by atoms with E-state index < -0.39 is 0 Å². The Morgan fingerprint density at radius 1 is 1.12 bits per heavy atom. The summed E-state index contributed by atoms with van der Waals surface area (Å²) in [5, 5.41) is 2.95. The molecule has 2 heterocycles. The highest BCUT2D eigenvalue weighted by molar-refractivity contribution is 5.74. The summed E-state index contributed by atoms with van der Waals surface area (Å²) in [6, 6.07) is 12.0. The van der Waals surface area contributed by atoms with Crippen LogP contribution < -0.4 is 16.0 Å². The molecule has 6 nitrogen and oxygen atoms in total. The second-order valence-electron chi connectivity index (χ2n) is 5.83. The van der Waals surface area contributed by atoms with Crippen molar-refractivity contribution in [2.24, 2.45) is 5.73 Å². The molecule has 1 fully saturated rings. The lowest BCUT2D eigenvalue weighted by molar-refractivity contribution is 0.194. The van der Waals surface area contributed by atoms with Crippen molar-refractivity contribution in [2.75, 3.05) is 31.1 Å². The summed E-state index contributed by atoms with van der Waals surface area (Å²) in [7, 11) is 0. The summed E-state index contributed by atoms with van der Waals surface area (Å²) < 4.78 is 0. The van der Waals surface area contributed by atoms with Crippen LogP contribution in [-0.2, 0) is 13.1 Å². The highest BCUT2D eigenvalue weighted by Gasteiger charge is 2.22. The van der Waals surface area contributed by atoms with Crippen LogP contribution in [-0.4, -0.2) is 42.1 Å². The Hall–Kier alpha value is -2.60. The number of nitrogens with zero attached hydrogens (tertiary/aromatic N) is 3. The third-order valence-corrected chi connectivity index (χ3v) is 4.29. The minimum Gasteiger partial charge on any atom is -0.368 e. The van der Waals surface area contributed by atoms with Gasteiger partial charge in [-0.25, -0.2) is 4.79 Å². The lowest BCUT2D eigenvalue weighted by Gasteiger charge is -2.37. The Balaban J connectivity index is 1.52. The maximum absolute atomic E-state index is 12.3. The Morgan fingerprint density at radius 3 is 2.62 bits per heavy atom. The third-order valence-electron chi connectivity index (χ3n) is 4.29. The number of amides is 2. The van der Waals surface area contributed by atoms with Gasteiger partial charge in [-0.3, -0.25) is 4.98 Å². The number of piperazine rings is 1. The predicted octanol–water partition coefficient (Wildman–Crippen LogP) is 1.57. The lowest BCUT2D eigenvalue weighted by Crippen LogP contribution is -2.51. The van der Waals surface area contributed by atoms with E-state index in [0.717, 1.165) is 24.2 Å². The first kappa shape index (κ1) is 16.3. The molecule has 0 radical (unpaired) electrons. The Labute approximate surface area is 142 Å². The highest BCUT2D eigenvalue weighted by Crippen LogP contribution is 2.21. The van der Waals surface area contributed by atoms with Crippen LogP contribution in [0.5, 0.6) is 0 Å². The van der Waals surface area contributed by atoms with Crippen LogP contribution in [0.2, 0.25) is 0 Å². The van der Waals surface area contributed by atoms with Crippen molar-refractivity contribution >= 4 is 11.7 Å². The SMILES string of the molecule is NCc1ccccc1N1CCN(C(=O)NCc2cccnc2)CC1. The molecule has 1 aliphatic heterocycles. The minimum atomic E-state index is -0.0226. The van der Waals surface area contributed by atoms with Crippen LogP contribution in [0, 0.1) is 0 Å². The molecule has 3 rings (SSSR count). The summed E-state index contributed by atoms with van der Waals surface area (Å²) in [6.45, 7) is 4.08. The van der Waals surface area contributed by atoms with E-state index in [4.69, 9.17) is 5.73 Å². The van der Waals surface area contributed by atoms with Crippen molar-refractivity contribution in [3.63, 3.8) is 0 Å². The average molecular weight is 325 g/mol. The van der Waals surface area contributed by atoms with Gasteiger partial charge in [-0.05, 0) is 23.3 Å². The molecule has 0 unspecified atom stereocenters. The van der Waals surface area contributed by atoms with Crippen LogP contribution in [0.1, 0.15) is 11.1 Å². The van der Waals surface area contributed by atoms with Crippen LogP contribution in [0.15, 0.2) is 48.8 Å². The van der Waals surface area contributed by atoms with Crippen molar-refractivity contribution in [1.82, 2.24) is 15.2 Å². The number of benzene rings is 1. The third kappa shape index (κ3) is 3.83. The second kappa shape index (κ2) is 7.79. The van der Waals surface area contributed by atoms with Gasteiger partial charge in [0.05, 0.1) is 0 Å². The number of pyridine rings is 1. The fourth-order valence-electron chi connectivity index (χ4n) is 2.93. The van der Waals surface area contributed by atoms with Gasteiger partial charge in [-0.2, -0.15) is 0 Å². The van der Waals surface area contributed by atoms with Gasteiger partial charge < -0.3 is 20.9 Å². The maximum atomic E-state index is 12.3. The van der Waals surface area contributed by atoms with E-state index in [1.54, 1.807) is 12.4 Å². The van der Waals surface area contributed by atoms with Gasteiger partial charge in [-0.1, -0.05) is 24.3 Å². The highest BCUT2D eigenvalue weighted by atomic mass is 16.2. The molecule has 126 valence electrons. The largest absolute Gasteiger partial charge is 0.368 e. The van der Waals surface area contributed by atoms with E-state index in [-0.39, 0.29) is 6.03 Å². The van der Waals surface area contributed by atoms with E-state index in [1.165, 1.54) is 5.69 Å². The zero-order valence-electron chi connectivity index (χ0n) is 13.7. The molecule has 0 spiro atoms. The van der Waals surface area contributed by atoms with Gasteiger partial charge >= 0.3 is 6.03 Å². The second-order valence-corrected chi connectivity index (χ2v) is 5.83. The molecule has 0 aliphatic carbocycles. The number of rotatable bonds is 4. The van der Waals surface area contributed by atoms with Gasteiger partial charge in [0.2, 0.25) is 0 Å². The Kier molecular flexibility index (Phi) is 5.28. The number of nitrogens with two attached hydrogens (primary N) is 1. The Morgan fingerprint density at radius 2 is 1.92 bits per heavy atom. The summed E-state index contributed by atoms with van der Waals surface area (Å²) in [4.78, 5) is 20.5. The molecule has 2 amide bonds. The molecular weight excluding hydrogens is 302 g/mol.